The van der Waals surface area contributed by atoms with Crippen LogP contribution in [0, 0.1) is 0 Å². The molecule has 4 atom stereocenters. The van der Waals surface area contributed by atoms with Crippen molar-refractivity contribution in [3.05, 3.63) is 35.9 Å². The summed E-state index contributed by atoms with van der Waals surface area (Å²) >= 11 is 0. The molecule has 32 heavy (non-hydrogen) atoms. The maximum atomic E-state index is 12.3. The lowest BCUT2D eigenvalue weighted by atomic mass is 10.1. The van der Waals surface area contributed by atoms with Crippen LogP contribution in [-0.4, -0.2) is 70.6 Å². The van der Waals surface area contributed by atoms with Crippen LogP contribution in [0.1, 0.15) is 25.3 Å². The van der Waals surface area contributed by atoms with E-state index in [1.54, 1.807) is 30.3 Å². The number of aliphatic hydroxyl groups is 1. The molecule has 0 aliphatic rings. The van der Waals surface area contributed by atoms with Crippen molar-refractivity contribution < 1.29 is 34.2 Å². The number of aliphatic hydroxyl groups excluding tert-OH is 1. The lowest BCUT2D eigenvalue weighted by Gasteiger charge is -2.23. The maximum Gasteiger partial charge on any atom is 0.326 e. The minimum atomic E-state index is -1.42. The third-order valence-electron chi connectivity index (χ3n) is 4.44. The zero-order valence-corrected chi connectivity index (χ0v) is 17.6. The second-order valence-corrected chi connectivity index (χ2v) is 7.20. The molecule has 0 radical (unpaired) electrons. The summed E-state index contributed by atoms with van der Waals surface area (Å²) in [6, 6.07) is 4.92. The summed E-state index contributed by atoms with van der Waals surface area (Å²) in [6.07, 6.45) is -1.45. The van der Waals surface area contributed by atoms with Crippen LogP contribution in [0.2, 0.25) is 0 Å². The molecule has 12 heteroatoms. The molecule has 9 N–H and O–H groups in total. The second-order valence-electron chi connectivity index (χ2n) is 7.20. The number of carboxylic acid groups (broad SMARTS) is 1. The van der Waals surface area contributed by atoms with Crippen LogP contribution in [0.4, 0.5) is 0 Å². The number of primary amides is 1. The third-order valence-corrected chi connectivity index (χ3v) is 4.44. The standard InChI is InChI=1S/C20H29N5O7/c1-11(26)17(25-18(29)13(21)7-8-15(22)27)19(30)23-10-16(28)24-14(20(31)32)9-12-5-3-2-4-6-12/h2-6,11,13-14,17,26H,7-10,21H2,1H3,(H2,22,27)(H,23,30)(H,24,28)(H,25,29)(H,31,32). The fourth-order valence-corrected chi connectivity index (χ4v) is 2.67. The average Bonchev–Trinajstić information content (AvgIpc) is 2.73. The number of aliphatic carboxylic acids is 1. The van der Waals surface area contributed by atoms with Crippen molar-refractivity contribution in [1.82, 2.24) is 16.0 Å². The Morgan fingerprint density at radius 3 is 2.19 bits per heavy atom. The Morgan fingerprint density at radius 1 is 1.03 bits per heavy atom. The number of amides is 4. The highest BCUT2D eigenvalue weighted by Gasteiger charge is 2.28. The van der Waals surface area contributed by atoms with Crippen molar-refractivity contribution in [2.24, 2.45) is 11.5 Å². The topological polar surface area (TPSA) is 214 Å². The number of nitrogens with two attached hydrogens (primary N) is 2. The molecule has 0 bridgehead atoms. The van der Waals surface area contributed by atoms with E-state index < -0.39 is 60.4 Å². The fourth-order valence-electron chi connectivity index (χ4n) is 2.67. The maximum absolute atomic E-state index is 12.3. The molecule has 0 saturated carbocycles. The molecular formula is C20H29N5O7. The predicted octanol–water partition coefficient (Wildman–Crippen LogP) is -2.63. The molecule has 4 amide bonds. The van der Waals surface area contributed by atoms with Gasteiger partial charge in [-0.25, -0.2) is 4.79 Å². The molecule has 176 valence electrons. The Balaban J connectivity index is 2.61. The molecule has 0 aliphatic heterocycles. The molecule has 0 spiro atoms. The van der Waals surface area contributed by atoms with Crippen molar-refractivity contribution in [3.8, 4) is 0 Å². The highest BCUT2D eigenvalue weighted by atomic mass is 16.4. The summed E-state index contributed by atoms with van der Waals surface area (Å²) in [6.45, 7) is 0.671. The molecule has 1 rings (SSSR count). The third kappa shape index (κ3) is 9.53. The van der Waals surface area contributed by atoms with E-state index in [9.17, 15) is 34.2 Å². The molecule has 0 saturated heterocycles. The number of nitrogens with one attached hydrogen (secondary N) is 3. The molecule has 0 aliphatic carbocycles. The first-order valence-electron chi connectivity index (χ1n) is 9.87. The Hall–Kier alpha value is -3.51. The van der Waals surface area contributed by atoms with Gasteiger partial charge in [0, 0.05) is 12.8 Å². The quantitative estimate of drug-likeness (QED) is 0.168. The van der Waals surface area contributed by atoms with Gasteiger partial charge < -0.3 is 37.6 Å². The van der Waals surface area contributed by atoms with E-state index >= 15 is 0 Å². The van der Waals surface area contributed by atoms with E-state index in [0.717, 1.165) is 0 Å². The highest BCUT2D eigenvalue weighted by Crippen LogP contribution is 2.03. The van der Waals surface area contributed by atoms with Gasteiger partial charge in [0.05, 0.1) is 18.7 Å². The number of rotatable bonds is 13. The summed E-state index contributed by atoms with van der Waals surface area (Å²) in [5.41, 5.74) is 11.3. The zero-order valence-electron chi connectivity index (χ0n) is 17.6. The van der Waals surface area contributed by atoms with Crippen LogP contribution >= 0.6 is 0 Å². The van der Waals surface area contributed by atoms with Gasteiger partial charge in [-0.05, 0) is 18.9 Å². The Labute approximate surface area is 184 Å². The predicted molar refractivity (Wildman–Crippen MR) is 113 cm³/mol. The number of hydrogen-bond donors (Lipinski definition) is 7. The van der Waals surface area contributed by atoms with Crippen LogP contribution in [0.5, 0.6) is 0 Å². The average molecular weight is 451 g/mol. The number of carboxylic acids is 1. The summed E-state index contributed by atoms with van der Waals surface area (Å²) in [4.78, 5) is 58.8. The van der Waals surface area contributed by atoms with Gasteiger partial charge in [-0.1, -0.05) is 30.3 Å². The number of carbonyl (C=O) groups is 5. The SMILES string of the molecule is CC(O)C(NC(=O)C(N)CCC(N)=O)C(=O)NCC(=O)NC(Cc1ccccc1)C(=O)O. The summed E-state index contributed by atoms with van der Waals surface area (Å²) in [5, 5.41) is 25.9. The summed E-state index contributed by atoms with van der Waals surface area (Å²) in [7, 11) is 0. The smallest absolute Gasteiger partial charge is 0.326 e. The largest absolute Gasteiger partial charge is 0.480 e. The van der Waals surface area contributed by atoms with E-state index in [4.69, 9.17) is 11.5 Å². The van der Waals surface area contributed by atoms with Crippen LogP contribution in [0.25, 0.3) is 0 Å². The highest BCUT2D eigenvalue weighted by molar-refractivity contribution is 5.93. The van der Waals surface area contributed by atoms with Crippen LogP contribution < -0.4 is 27.4 Å². The second kappa shape index (κ2) is 13.0. The molecule has 12 nitrogen and oxygen atoms in total. The molecule has 0 aromatic heterocycles. The van der Waals surface area contributed by atoms with Crippen LogP contribution in [-0.2, 0) is 30.4 Å². The monoisotopic (exact) mass is 451 g/mol. The zero-order chi connectivity index (χ0) is 24.3. The lowest BCUT2D eigenvalue weighted by molar-refractivity contribution is -0.141. The first-order chi connectivity index (χ1) is 15.0. The molecule has 1 aromatic carbocycles. The van der Waals surface area contributed by atoms with Crippen LogP contribution in [0.3, 0.4) is 0 Å². The van der Waals surface area contributed by atoms with Gasteiger partial charge in [0.2, 0.25) is 23.6 Å². The molecule has 0 fully saturated rings. The van der Waals surface area contributed by atoms with E-state index in [-0.39, 0.29) is 19.3 Å². The molecular weight excluding hydrogens is 422 g/mol. The van der Waals surface area contributed by atoms with Gasteiger partial charge in [0.1, 0.15) is 12.1 Å². The Morgan fingerprint density at radius 2 is 1.66 bits per heavy atom. The van der Waals surface area contributed by atoms with Crippen molar-refractivity contribution in [2.45, 2.75) is 50.4 Å². The van der Waals surface area contributed by atoms with E-state index in [1.807, 2.05) is 0 Å². The van der Waals surface area contributed by atoms with E-state index in [1.165, 1.54) is 6.92 Å². The number of hydrogen-bond acceptors (Lipinski definition) is 7. The Bertz CT molecular complexity index is 816. The van der Waals surface area contributed by atoms with Crippen molar-refractivity contribution in [2.75, 3.05) is 6.54 Å². The number of carbonyl (C=O) groups excluding carboxylic acids is 4. The Kier molecular flexibility index (Phi) is 10.8. The van der Waals surface area contributed by atoms with Gasteiger partial charge in [-0.3, -0.25) is 19.2 Å². The van der Waals surface area contributed by atoms with Gasteiger partial charge >= 0.3 is 5.97 Å². The van der Waals surface area contributed by atoms with Gasteiger partial charge in [-0.2, -0.15) is 0 Å². The first-order valence-corrected chi connectivity index (χ1v) is 9.87. The summed E-state index contributed by atoms with van der Waals surface area (Å²) in [5.74, 6) is -4.31. The minimum absolute atomic E-state index is 0.0459. The minimum Gasteiger partial charge on any atom is -0.480 e. The van der Waals surface area contributed by atoms with Crippen molar-refractivity contribution in [1.29, 1.82) is 0 Å². The number of benzene rings is 1. The van der Waals surface area contributed by atoms with Gasteiger partial charge in [-0.15, -0.1) is 0 Å². The van der Waals surface area contributed by atoms with Crippen molar-refractivity contribution >= 4 is 29.6 Å². The molecule has 1 aromatic rings. The molecule has 4 unspecified atom stereocenters. The fraction of sp³-hybridized carbons (Fsp3) is 0.450. The van der Waals surface area contributed by atoms with E-state index in [2.05, 4.69) is 16.0 Å². The van der Waals surface area contributed by atoms with E-state index in [0.29, 0.717) is 5.56 Å². The van der Waals surface area contributed by atoms with Crippen LogP contribution in [0.15, 0.2) is 30.3 Å². The lowest BCUT2D eigenvalue weighted by Crippen LogP contribution is -2.57. The normalized spacial score (nSPS) is 14.3. The van der Waals surface area contributed by atoms with Gasteiger partial charge in [0.15, 0.2) is 0 Å². The van der Waals surface area contributed by atoms with Gasteiger partial charge in [0.25, 0.3) is 0 Å². The summed E-state index contributed by atoms with van der Waals surface area (Å²) < 4.78 is 0. The molecule has 0 heterocycles. The first kappa shape index (κ1) is 26.5. The van der Waals surface area contributed by atoms with Crippen molar-refractivity contribution in [3.63, 3.8) is 0 Å².